The lowest BCUT2D eigenvalue weighted by atomic mass is 9.98. The minimum atomic E-state index is -1.10. The van der Waals surface area contributed by atoms with E-state index in [0.29, 0.717) is 0 Å². The maximum atomic E-state index is 12.5. The number of nitrogens with one attached hydrogen (secondary N) is 2. The number of carbonyl (C=O) groups is 3. The molecule has 10 nitrogen and oxygen atoms in total. The maximum absolute atomic E-state index is 12.5. The molecule has 1 aromatic carbocycles. The first kappa shape index (κ1) is 23.1. The van der Waals surface area contributed by atoms with Crippen LogP contribution in [0.4, 0.5) is 0 Å². The number of fused-ring (bicyclic) bond motifs is 2. The van der Waals surface area contributed by atoms with Crippen LogP contribution in [-0.4, -0.2) is 72.3 Å². The summed E-state index contributed by atoms with van der Waals surface area (Å²) in [7, 11) is 0. The molecule has 3 N–H and O–H groups in total. The average molecular weight is 436 g/mol. The lowest BCUT2D eigenvalue weighted by Crippen LogP contribution is -2.62. The van der Waals surface area contributed by atoms with Crippen LogP contribution in [0.1, 0.15) is 26.3 Å². The van der Waals surface area contributed by atoms with E-state index in [9.17, 15) is 19.5 Å². The highest BCUT2D eigenvalue weighted by Crippen LogP contribution is 2.30. The average Bonchev–Trinajstić information content (AvgIpc) is 3.20. The second-order valence-electron chi connectivity index (χ2n) is 7.66. The van der Waals surface area contributed by atoms with Crippen LogP contribution in [-0.2, 0) is 39.9 Å². The van der Waals surface area contributed by atoms with Gasteiger partial charge in [0.05, 0.1) is 6.61 Å². The molecule has 0 saturated carbocycles. The first-order valence-electron chi connectivity index (χ1n) is 10.1. The van der Waals surface area contributed by atoms with Gasteiger partial charge in [0.1, 0.15) is 43.1 Å². The van der Waals surface area contributed by atoms with E-state index < -0.39 is 54.7 Å². The molecule has 1 aromatic rings. The zero-order valence-electron chi connectivity index (χ0n) is 17.6. The fourth-order valence-electron chi connectivity index (χ4n) is 3.48. The largest absolute Gasteiger partial charge is 0.459 e. The third-order valence-corrected chi connectivity index (χ3v) is 5.14. The Morgan fingerprint density at radius 3 is 2.61 bits per heavy atom. The number of benzene rings is 1. The molecule has 0 radical (unpaired) electrons. The molecular weight excluding hydrogens is 408 g/mol. The summed E-state index contributed by atoms with van der Waals surface area (Å²) in [6.07, 6.45) is -4.42. The van der Waals surface area contributed by atoms with Gasteiger partial charge in [0.25, 0.3) is 0 Å². The van der Waals surface area contributed by atoms with Crippen molar-refractivity contribution < 1.29 is 38.4 Å². The Morgan fingerprint density at radius 2 is 1.94 bits per heavy atom. The van der Waals surface area contributed by atoms with Gasteiger partial charge in [0, 0.05) is 6.92 Å². The third-order valence-electron chi connectivity index (χ3n) is 5.14. The monoisotopic (exact) mass is 436 g/mol. The zero-order valence-corrected chi connectivity index (χ0v) is 17.6. The van der Waals surface area contributed by atoms with Crippen LogP contribution in [0.15, 0.2) is 30.3 Å². The van der Waals surface area contributed by atoms with Gasteiger partial charge in [-0.1, -0.05) is 30.3 Å². The predicted octanol–water partition coefficient (Wildman–Crippen LogP) is -0.371. The van der Waals surface area contributed by atoms with Crippen LogP contribution in [0, 0.1) is 0 Å². The molecule has 2 aliphatic rings. The molecule has 0 aromatic heterocycles. The smallest absolute Gasteiger partial charge is 0.328 e. The van der Waals surface area contributed by atoms with Crippen LogP contribution in [0.5, 0.6) is 0 Å². The third kappa shape index (κ3) is 5.79. The summed E-state index contributed by atoms with van der Waals surface area (Å²) < 4.78 is 22.0. The first-order chi connectivity index (χ1) is 14.8. The quantitative estimate of drug-likeness (QED) is 0.470. The zero-order chi connectivity index (χ0) is 22.5. The Kier molecular flexibility index (Phi) is 7.60. The molecule has 7 atom stereocenters. The summed E-state index contributed by atoms with van der Waals surface area (Å²) in [5, 5.41) is 15.7. The highest BCUT2D eigenvalue weighted by molar-refractivity contribution is 5.86. The fraction of sp³-hybridized carbons (Fsp3) is 0.571. The van der Waals surface area contributed by atoms with E-state index in [1.54, 1.807) is 0 Å². The number of esters is 1. The second kappa shape index (κ2) is 10.2. The molecule has 2 fully saturated rings. The predicted molar refractivity (Wildman–Crippen MR) is 106 cm³/mol. The first-order valence-corrected chi connectivity index (χ1v) is 10.1. The fourth-order valence-corrected chi connectivity index (χ4v) is 3.48. The van der Waals surface area contributed by atoms with E-state index in [1.165, 1.54) is 20.8 Å². The molecule has 2 heterocycles. The Labute approximate surface area is 180 Å². The van der Waals surface area contributed by atoms with E-state index >= 15 is 0 Å². The molecule has 2 bridgehead atoms. The van der Waals surface area contributed by atoms with Gasteiger partial charge in [0.15, 0.2) is 6.29 Å². The Hall–Kier alpha value is -2.53. The van der Waals surface area contributed by atoms with Crippen molar-refractivity contribution in [3.05, 3.63) is 35.9 Å². The molecule has 31 heavy (non-hydrogen) atoms. The van der Waals surface area contributed by atoms with Gasteiger partial charge in [0.2, 0.25) is 11.8 Å². The van der Waals surface area contributed by atoms with E-state index in [2.05, 4.69) is 10.6 Å². The van der Waals surface area contributed by atoms with Crippen LogP contribution >= 0.6 is 0 Å². The van der Waals surface area contributed by atoms with Crippen molar-refractivity contribution in [3.63, 3.8) is 0 Å². The van der Waals surface area contributed by atoms with Crippen molar-refractivity contribution in [2.45, 2.75) is 70.2 Å². The van der Waals surface area contributed by atoms with Gasteiger partial charge in [-0.25, -0.2) is 4.79 Å². The number of amides is 2. The van der Waals surface area contributed by atoms with Crippen molar-refractivity contribution in [1.82, 2.24) is 10.6 Å². The molecule has 2 saturated heterocycles. The van der Waals surface area contributed by atoms with Gasteiger partial charge in [-0.3, -0.25) is 9.59 Å². The van der Waals surface area contributed by atoms with Crippen molar-refractivity contribution in [1.29, 1.82) is 0 Å². The van der Waals surface area contributed by atoms with Crippen LogP contribution in [0.2, 0.25) is 0 Å². The normalized spacial score (nSPS) is 29.0. The van der Waals surface area contributed by atoms with Crippen molar-refractivity contribution in [3.8, 4) is 0 Å². The topological polar surface area (TPSA) is 132 Å². The van der Waals surface area contributed by atoms with Gasteiger partial charge < -0.3 is 34.7 Å². The summed E-state index contributed by atoms with van der Waals surface area (Å²) in [6.45, 7) is 4.58. The minimum Gasteiger partial charge on any atom is -0.459 e. The van der Waals surface area contributed by atoms with Gasteiger partial charge in [-0.15, -0.1) is 0 Å². The van der Waals surface area contributed by atoms with Crippen LogP contribution < -0.4 is 10.6 Å². The van der Waals surface area contributed by atoms with Crippen LogP contribution in [0.25, 0.3) is 0 Å². The molecule has 2 aliphatic heterocycles. The number of rotatable bonds is 8. The van der Waals surface area contributed by atoms with Gasteiger partial charge in [-0.05, 0) is 19.4 Å². The van der Waals surface area contributed by atoms with Crippen LogP contribution in [0.3, 0.4) is 0 Å². The van der Waals surface area contributed by atoms with E-state index in [-0.39, 0.29) is 19.1 Å². The number of ether oxygens (including phenoxy) is 4. The molecule has 170 valence electrons. The van der Waals surface area contributed by atoms with E-state index in [4.69, 9.17) is 18.9 Å². The van der Waals surface area contributed by atoms with Gasteiger partial charge in [-0.2, -0.15) is 0 Å². The Morgan fingerprint density at radius 1 is 1.23 bits per heavy atom. The lowest BCUT2D eigenvalue weighted by molar-refractivity contribution is -0.210. The van der Waals surface area contributed by atoms with E-state index in [0.717, 1.165) is 5.56 Å². The van der Waals surface area contributed by atoms with E-state index in [1.807, 2.05) is 30.3 Å². The molecule has 3 rings (SSSR count). The Bertz CT molecular complexity index is 789. The highest BCUT2D eigenvalue weighted by atomic mass is 16.7. The lowest BCUT2D eigenvalue weighted by Gasteiger charge is -2.39. The van der Waals surface area contributed by atoms with Crippen molar-refractivity contribution in [2.24, 2.45) is 0 Å². The second-order valence-corrected chi connectivity index (χ2v) is 7.66. The highest BCUT2D eigenvalue weighted by Gasteiger charge is 2.52. The summed E-state index contributed by atoms with van der Waals surface area (Å²) >= 11 is 0. The van der Waals surface area contributed by atoms with Crippen molar-refractivity contribution in [2.75, 3.05) is 6.61 Å². The number of carbonyl (C=O) groups excluding carboxylic acids is 3. The molecule has 0 unspecified atom stereocenters. The standard InChI is InChI=1S/C21H28N2O8/c1-11(20(27)28-9-14-7-5-4-6-8-14)22-19(26)12(2)30-18-16(23-13(3)24)21-29-10-15(31-21)17(18)25/h4-8,11-12,15-18,21,25H,9-10H2,1-3H3,(H,22,26)(H,23,24)/t11-,12+,15+,16+,17+,18+,21+/m0/s1. The summed E-state index contributed by atoms with van der Waals surface area (Å²) in [5.74, 6) is -1.49. The molecule has 2 amide bonds. The number of hydrogen-bond acceptors (Lipinski definition) is 8. The molecule has 0 spiro atoms. The SMILES string of the molecule is CC(=O)N[C@H]1[C@@H]2OC[C@@H](O2)[C@@H](O)[C@@H]1O[C@H](C)C(=O)N[C@@H](C)C(=O)OCc1ccccc1. The summed E-state index contributed by atoms with van der Waals surface area (Å²) in [6, 6.07) is 7.51. The summed E-state index contributed by atoms with van der Waals surface area (Å²) in [4.78, 5) is 36.3. The molecular formula is C21H28N2O8. The van der Waals surface area contributed by atoms with Gasteiger partial charge >= 0.3 is 5.97 Å². The molecule has 10 heteroatoms. The number of aliphatic hydroxyl groups excluding tert-OH is 1. The summed E-state index contributed by atoms with van der Waals surface area (Å²) in [5.41, 5.74) is 0.834. The number of aliphatic hydroxyl groups is 1. The minimum absolute atomic E-state index is 0.0986. The number of hydrogen-bond donors (Lipinski definition) is 3. The Balaban J connectivity index is 1.53. The molecule has 0 aliphatic carbocycles. The van der Waals surface area contributed by atoms with Crippen molar-refractivity contribution >= 4 is 17.8 Å². The maximum Gasteiger partial charge on any atom is 0.328 e.